The van der Waals surface area contributed by atoms with Crippen molar-refractivity contribution in [3.8, 4) is 0 Å². The van der Waals surface area contributed by atoms with Crippen LogP contribution in [-0.2, 0) is 14.3 Å². The Labute approximate surface area is 202 Å². The summed E-state index contributed by atoms with van der Waals surface area (Å²) in [6.45, 7) is 4.87. The number of rotatable bonds is 7. The zero-order valence-electron chi connectivity index (χ0n) is 17.8. The predicted molar refractivity (Wildman–Crippen MR) is 130 cm³/mol. The van der Waals surface area contributed by atoms with Crippen LogP contribution >= 0.6 is 34.8 Å². The molecule has 0 saturated carbocycles. The molecule has 2 amide bonds. The normalized spacial score (nSPS) is 14.9. The molecule has 3 rings (SSSR count). The lowest BCUT2D eigenvalue weighted by molar-refractivity contribution is -0.122. The SMILES string of the molecule is C[C@H](C(=O)Nc1cc(Cl)c(Cl)cc1Cl)N(C)CC(=O)Nc1ccc(N2CCOCC2)cc1. The fourth-order valence-electron chi connectivity index (χ4n) is 3.20. The number of nitrogens with zero attached hydrogens (tertiary/aromatic N) is 2. The van der Waals surface area contributed by atoms with Crippen molar-refractivity contribution in [3.63, 3.8) is 0 Å². The number of benzene rings is 2. The summed E-state index contributed by atoms with van der Waals surface area (Å²) in [7, 11) is 1.70. The third-order valence-electron chi connectivity index (χ3n) is 5.23. The van der Waals surface area contributed by atoms with Crippen LogP contribution in [0.1, 0.15) is 6.92 Å². The zero-order chi connectivity index (χ0) is 23.3. The molecule has 2 aromatic rings. The molecule has 172 valence electrons. The molecule has 1 saturated heterocycles. The van der Waals surface area contributed by atoms with Gasteiger partial charge in [0.1, 0.15) is 0 Å². The summed E-state index contributed by atoms with van der Waals surface area (Å²) in [4.78, 5) is 28.9. The van der Waals surface area contributed by atoms with Crippen LogP contribution in [0.3, 0.4) is 0 Å². The Morgan fingerprint density at radius 1 is 1.03 bits per heavy atom. The van der Waals surface area contributed by atoms with Gasteiger partial charge in [0.15, 0.2) is 0 Å². The molecule has 0 radical (unpaired) electrons. The van der Waals surface area contributed by atoms with E-state index in [2.05, 4.69) is 15.5 Å². The lowest BCUT2D eigenvalue weighted by atomic mass is 10.2. The molecule has 0 aliphatic carbocycles. The van der Waals surface area contributed by atoms with Crippen molar-refractivity contribution in [3.05, 3.63) is 51.5 Å². The maximum atomic E-state index is 12.6. The number of likely N-dealkylation sites (N-methyl/N-ethyl adjacent to an activating group) is 1. The molecule has 1 fully saturated rings. The molecule has 2 aromatic carbocycles. The highest BCUT2D eigenvalue weighted by atomic mass is 35.5. The number of hydrogen-bond acceptors (Lipinski definition) is 5. The van der Waals surface area contributed by atoms with Crippen molar-refractivity contribution in [2.75, 3.05) is 55.4 Å². The average molecular weight is 500 g/mol. The highest BCUT2D eigenvalue weighted by Gasteiger charge is 2.21. The highest BCUT2D eigenvalue weighted by Crippen LogP contribution is 2.32. The number of anilines is 3. The highest BCUT2D eigenvalue weighted by molar-refractivity contribution is 6.44. The minimum absolute atomic E-state index is 0.0366. The standard InChI is InChI=1S/C22H25Cl3N4O3/c1-14(22(31)27-20-12-18(24)17(23)11-19(20)25)28(2)13-21(30)26-15-3-5-16(6-4-15)29-7-9-32-10-8-29/h3-6,11-12,14H,7-10,13H2,1-2H3,(H,26,30)(H,27,31)/t14-/m1/s1. The summed E-state index contributed by atoms with van der Waals surface area (Å²) in [5.41, 5.74) is 2.14. The van der Waals surface area contributed by atoms with Crippen molar-refractivity contribution in [1.82, 2.24) is 4.90 Å². The van der Waals surface area contributed by atoms with Gasteiger partial charge in [-0.15, -0.1) is 0 Å². The Hall–Kier alpha value is -2.03. The van der Waals surface area contributed by atoms with Crippen molar-refractivity contribution < 1.29 is 14.3 Å². The van der Waals surface area contributed by atoms with E-state index in [-0.39, 0.29) is 28.4 Å². The van der Waals surface area contributed by atoms with Crippen molar-refractivity contribution in [2.24, 2.45) is 0 Å². The molecule has 1 atom stereocenters. The van der Waals surface area contributed by atoms with Crippen LogP contribution in [0.5, 0.6) is 0 Å². The van der Waals surface area contributed by atoms with Gasteiger partial charge in [0.2, 0.25) is 11.8 Å². The van der Waals surface area contributed by atoms with E-state index >= 15 is 0 Å². The number of carbonyl (C=O) groups excluding carboxylic acids is 2. The lowest BCUT2D eigenvalue weighted by Gasteiger charge is -2.29. The van der Waals surface area contributed by atoms with Gasteiger partial charge in [0.25, 0.3) is 0 Å². The largest absolute Gasteiger partial charge is 0.378 e. The van der Waals surface area contributed by atoms with Gasteiger partial charge in [-0.05, 0) is 50.4 Å². The number of hydrogen-bond donors (Lipinski definition) is 2. The molecule has 7 nitrogen and oxygen atoms in total. The number of halogens is 3. The Kier molecular flexibility index (Phi) is 8.62. The Balaban J connectivity index is 1.52. The van der Waals surface area contributed by atoms with Crippen LogP contribution in [0.15, 0.2) is 36.4 Å². The molecule has 1 aliphatic heterocycles. The summed E-state index contributed by atoms with van der Waals surface area (Å²) in [5.74, 6) is -0.547. The van der Waals surface area contributed by atoms with Gasteiger partial charge in [0.05, 0.1) is 46.6 Å². The first kappa shape index (κ1) is 24.6. The summed E-state index contributed by atoms with van der Waals surface area (Å²) in [6.07, 6.45) is 0. The Bertz CT molecular complexity index is 966. The first-order valence-corrected chi connectivity index (χ1v) is 11.3. The van der Waals surface area contributed by atoms with E-state index < -0.39 is 6.04 Å². The van der Waals surface area contributed by atoms with E-state index in [9.17, 15) is 9.59 Å². The maximum absolute atomic E-state index is 12.6. The molecule has 0 bridgehead atoms. The van der Waals surface area contributed by atoms with Crippen LogP contribution in [0.25, 0.3) is 0 Å². The maximum Gasteiger partial charge on any atom is 0.241 e. The van der Waals surface area contributed by atoms with E-state index in [4.69, 9.17) is 39.5 Å². The molecular formula is C22H25Cl3N4O3. The van der Waals surface area contributed by atoms with E-state index in [0.29, 0.717) is 29.6 Å². The number of amides is 2. The zero-order valence-corrected chi connectivity index (χ0v) is 20.1. The summed E-state index contributed by atoms with van der Waals surface area (Å²) in [5, 5.41) is 6.44. The topological polar surface area (TPSA) is 73.9 Å². The molecule has 1 heterocycles. The summed E-state index contributed by atoms with van der Waals surface area (Å²) >= 11 is 18.0. The molecule has 0 unspecified atom stereocenters. The predicted octanol–water partition coefficient (Wildman–Crippen LogP) is 4.38. The van der Waals surface area contributed by atoms with Gasteiger partial charge in [-0.2, -0.15) is 0 Å². The van der Waals surface area contributed by atoms with Crippen molar-refractivity contribution in [2.45, 2.75) is 13.0 Å². The first-order chi connectivity index (χ1) is 15.2. The average Bonchev–Trinajstić information content (AvgIpc) is 2.77. The fraction of sp³-hybridized carbons (Fsp3) is 0.364. The number of nitrogens with one attached hydrogen (secondary N) is 2. The summed E-state index contributed by atoms with van der Waals surface area (Å²) in [6, 6.07) is 10.0. The number of ether oxygens (including phenoxy) is 1. The molecule has 32 heavy (non-hydrogen) atoms. The van der Waals surface area contributed by atoms with Crippen LogP contribution in [0, 0.1) is 0 Å². The third-order valence-corrected chi connectivity index (χ3v) is 6.26. The van der Waals surface area contributed by atoms with Gasteiger partial charge in [0, 0.05) is 24.5 Å². The van der Waals surface area contributed by atoms with E-state index in [1.807, 2.05) is 24.3 Å². The monoisotopic (exact) mass is 498 g/mol. The van der Waals surface area contributed by atoms with Crippen molar-refractivity contribution >= 4 is 63.7 Å². The third kappa shape index (κ3) is 6.49. The second kappa shape index (κ2) is 11.2. The molecule has 0 spiro atoms. The van der Waals surface area contributed by atoms with E-state index in [1.54, 1.807) is 18.9 Å². The van der Waals surface area contributed by atoms with Crippen LogP contribution in [0.2, 0.25) is 15.1 Å². The number of morpholine rings is 1. The quantitative estimate of drug-likeness (QED) is 0.553. The van der Waals surface area contributed by atoms with Gasteiger partial charge < -0.3 is 20.3 Å². The lowest BCUT2D eigenvalue weighted by Crippen LogP contribution is -2.43. The minimum atomic E-state index is -0.588. The summed E-state index contributed by atoms with van der Waals surface area (Å²) < 4.78 is 5.37. The minimum Gasteiger partial charge on any atom is -0.378 e. The second-order valence-electron chi connectivity index (χ2n) is 7.52. The number of carbonyl (C=O) groups is 2. The van der Waals surface area contributed by atoms with E-state index in [0.717, 1.165) is 18.8 Å². The van der Waals surface area contributed by atoms with Crippen LogP contribution in [-0.4, -0.2) is 62.7 Å². The molecule has 0 aromatic heterocycles. The van der Waals surface area contributed by atoms with Gasteiger partial charge in [-0.1, -0.05) is 34.8 Å². The van der Waals surface area contributed by atoms with Gasteiger partial charge >= 0.3 is 0 Å². The van der Waals surface area contributed by atoms with Crippen LogP contribution < -0.4 is 15.5 Å². The van der Waals surface area contributed by atoms with E-state index in [1.165, 1.54) is 12.1 Å². The Morgan fingerprint density at radius 3 is 2.31 bits per heavy atom. The van der Waals surface area contributed by atoms with Gasteiger partial charge in [-0.25, -0.2) is 0 Å². The smallest absolute Gasteiger partial charge is 0.241 e. The Morgan fingerprint density at radius 2 is 1.66 bits per heavy atom. The molecule has 1 aliphatic rings. The second-order valence-corrected chi connectivity index (χ2v) is 8.74. The van der Waals surface area contributed by atoms with Gasteiger partial charge in [-0.3, -0.25) is 14.5 Å². The van der Waals surface area contributed by atoms with Crippen molar-refractivity contribution in [1.29, 1.82) is 0 Å². The molecule has 2 N–H and O–H groups in total. The molecule has 10 heteroatoms. The fourth-order valence-corrected chi connectivity index (χ4v) is 3.79. The molecular weight excluding hydrogens is 475 g/mol. The first-order valence-electron chi connectivity index (χ1n) is 10.1. The van der Waals surface area contributed by atoms with Crippen LogP contribution in [0.4, 0.5) is 17.1 Å².